The molecule has 1 amide bonds. The number of benzene rings is 2. The standard InChI is InChI=1S/C24H32N4O2/c1-26-15-17-28(18-16-26)21-11-13-27(14-12-21)19-24(29)25-20-7-9-23(10-8-20)30-22-5-3-2-4-6-22/h2-10,21H,11-19H2,1H3,(H,25,29). The van der Waals surface area contributed by atoms with E-state index in [-0.39, 0.29) is 5.91 Å². The van der Waals surface area contributed by atoms with E-state index in [1.807, 2.05) is 54.6 Å². The Balaban J connectivity index is 1.19. The van der Waals surface area contributed by atoms with Gasteiger partial charge in [-0.1, -0.05) is 18.2 Å². The summed E-state index contributed by atoms with van der Waals surface area (Å²) in [6, 6.07) is 17.9. The quantitative estimate of drug-likeness (QED) is 0.796. The van der Waals surface area contributed by atoms with Gasteiger partial charge < -0.3 is 15.0 Å². The Morgan fingerprint density at radius 1 is 0.900 bits per heavy atom. The number of amides is 1. The first kappa shape index (κ1) is 20.8. The highest BCUT2D eigenvalue weighted by molar-refractivity contribution is 5.92. The monoisotopic (exact) mass is 408 g/mol. The number of likely N-dealkylation sites (tertiary alicyclic amines) is 1. The Morgan fingerprint density at radius 3 is 2.20 bits per heavy atom. The van der Waals surface area contributed by atoms with Gasteiger partial charge >= 0.3 is 0 Å². The van der Waals surface area contributed by atoms with Gasteiger partial charge in [-0.05, 0) is 56.3 Å². The molecule has 2 aliphatic heterocycles. The molecule has 0 bridgehead atoms. The number of nitrogens with one attached hydrogen (secondary N) is 1. The lowest BCUT2D eigenvalue weighted by Gasteiger charge is -2.41. The molecule has 30 heavy (non-hydrogen) atoms. The average molecular weight is 409 g/mol. The second-order valence-electron chi connectivity index (χ2n) is 8.33. The van der Waals surface area contributed by atoms with Gasteiger partial charge in [0.25, 0.3) is 0 Å². The fraction of sp³-hybridized carbons (Fsp3) is 0.458. The van der Waals surface area contributed by atoms with Crippen LogP contribution in [0.15, 0.2) is 54.6 Å². The van der Waals surface area contributed by atoms with Crippen LogP contribution >= 0.6 is 0 Å². The molecule has 2 aliphatic rings. The second-order valence-corrected chi connectivity index (χ2v) is 8.33. The largest absolute Gasteiger partial charge is 0.457 e. The molecule has 2 aromatic rings. The summed E-state index contributed by atoms with van der Waals surface area (Å²) >= 11 is 0. The highest BCUT2D eigenvalue weighted by Gasteiger charge is 2.27. The minimum absolute atomic E-state index is 0.0461. The zero-order valence-corrected chi connectivity index (χ0v) is 17.8. The van der Waals surface area contributed by atoms with Crippen LogP contribution in [0.1, 0.15) is 12.8 Å². The van der Waals surface area contributed by atoms with E-state index in [2.05, 4.69) is 27.1 Å². The van der Waals surface area contributed by atoms with Crippen molar-refractivity contribution in [3.63, 3.8) is 0 Å². The van der Waals surface area contributed by atoms with Gasteiger partial charge in [-0.25, -0.2) is 0 Å². The van der Waals surface area contributed by atoms with Crippen LogP contribution < -0.4 is 10.1 Å². The van der Waals surface area contributed by atoms with Gasteiger partial charge in [0.1, 0.15) is 11.5 Å². The number of para-hydroxylation sites is 1. The SMILES string of the molecule is CN1CCN(C2CCN(CC(=O)Nc3ccc(Oc4ccccc4)cc3)CC2)CC1. The van der Waals surface area contributed by atoms with Crippen molar-refractivity contribution in [2.45, 2.75) is 18.9 Å². The van der Waals surface area contributed by atoms with Gasteiger partial charge in [0, 0.05) is 51.0 Å². The smallest absolute Gasteiger partial charge is 0.238 e. The maximum absolute atomic E-state index is 12.5. The number of piperidine rings is 1. The summed E-state index contributed by atoms with van der Waals surface area (Å²) in [6.45, 7) is 7.12. The molecule has 160 valence electrons. The van der Waals surface area contributed by atoms with Gasteiger partial charge in [0.2, 0.25) is 5.91 Å². The minimum atomic E-state index is 0.0461. The third kappa shape index (κ3) is 5.81. The number of anilines is 1. The topological polar surface area (TPSA) is 48.0 Å². The summed E-state index contributed by atoms with van der Waals surface area (Å²) in [4.78, 5) is 19.8. The Labute approximate surface area is 179 Å². The van der Waals surface area contributed by atoms with Gasteiger partial charge in [-0.2, -0.15) is 0 Å². The predicted octanol–water partition coefficient (Wildman–Crippen LogP) is 3.13. The molecule has 0 spiro atoms. The lowest BCUT2D eigenvalue weighted by atomic mass is 10.0. The molecule has 0 unspecified atom stereocenters. The van der Waals surface area contributed by atoms with Crippen molar-refractivity contribution >= 4 is 11.6 Å². The van der Waals surface area contributed by atoms with E-state index >= 15 is 0 Å². The van der Waals surface area contributed by atoms with E-state index in [0.29, 0.717) is 12.6 Å². The predicted molar refractivity (Wildman–Crippen MR) is 120 cm³/mol. The molecule has 2 fully saturated rings. The first-order chi connectivity index (χ1) is 14.7. The lowest BCUT2D eigenvalue weighted by Crippen LogP contribution is -2.52. The van der Waals surface area contributed by atoms with Crippen molar-refractivity contribution in [3.8, 4) is 11.5 Å². The summed E-state index contributed by atoms with van der Waals surface area (Å²) in [5.74, 6) is 1.60. The average Bonchev–Trinajstić information content (AvgIpc) is 2.77. The van der Waals surface area contributed by atoms with Crippen molar-refractivity contribution in [2.75, 3.05) is 58.2 Å². The number of carbonyl (C=O) groups excluding carboxylic acids is 1. The van der Waals surface area contributed by atoms with Crippen LogP contribution in [0.3, 0.4) is 0 Å². The highest BCUT2D eigenvalue weighted by atomic mass is 16.5. The third-order valence-electron chi connectivity index (χ3n) is 6.10. The first-order valence-electron chi connectivity index (χ1n) is 10.9. The van der Waals surface area contributed by atoms with Crippen molar-refractivity contribution in [2.24, 2.45) is 0 Å². The fourth-order valence-electron chi connectivity index (χ4n) is 4.26. The Morgan fingerprint density at radius 2 is 1.53 bits per heavy atom. The Bertz CT molecular complexity index is 796. The Hall–Kier alpha value is -2.41. The molecular weight excluding hydrogens is 376 g/mol. The van der Waals surface area contributed by atoms with Crippen LogP contribution in [-0.4, -0.2) is 79.5 Å². The number of piperazine rings is 1. The van der Waals surface area contributed by atoms with Gasteiger partial charge in [-0.15, -0.1) is 0 Å². The molecule has 0 radical (unpaired) electrons. The van der Waals surface area contributed by atoms with E-state index in [0.717, 1.165) is 56.2 Å². The van der Waals surface area contributed by atoms with Gasteiger partial charge in [0.05, 0.1) is 6.54 Å². The summed E-state index contributed by atoms with van der Waals surface area (Å²) in [5, 5.41) is 3.01. The van der Waals surface area contributed by atoms with Crippen molar-refractivity contribution in [1.29, 1.82) is 0 Å². The molecule has 2 aromatic carbocycles. The molecular formula is C24H32N4O2. The molecule has 0 saturated carbocycles. The molecule has 4 rings (SSSR count). The number of hydrogen-bond donors (Lipinski definition) is 1. The van der Waals surface area contributed by atoms with Crippen molar-refractivity contribution in [3.05, 3.63) is 54.6 Å². The van der Waals surface area contributed by atoms with E-state index < -0.39 is 0 Å². The third-order valence-corrected chi connectivity index (χ3v) is 6.10. The Kier molecular flexibility index (Phi) is 7.00. The normalized spacial score (nSPS) is 19.5. The van der Waals surface area contributed by atoms with Crippen molar-refractivity contribution < 1.29 is 9.53 Å². The zero-order valence-electron chi connectivity index (χ0n) is 17.8. The highest BCUT2D eigenvalue weighted by Crippen LogP contribution is 2.23. The molecule has 6 heteroatoms. The molecule has 2 saturated heterocycles. The van der Waals surface area contributed by atoms with Gasteiger partial charge in [-0.3, -0.25) is 14.6 Å². The number of carbonyl (C=O) groups is 1. The van der Waals surface area contributed by atoms with Crippen molar-refractivity contribution in [1.82, 2.24) is 14.7 Å². The lowest BCUT2D eigenvalue weighted by molar-refractivity contribution is -0.117. The number of rotatable bonds is 6. The molecule has 2 heterocycles. The van der Waals surface area contributed by atoms with Crippen LogP contribution in [0.5, 0.6) is 11.5 Å². The van der Waals surface area contributed by atoms with E-state index in [9.17, 15) is 4.79 Å². The number of hydrogen-bond acceptors (Lipinski definition) is 5. The van der Waals surface area contributed by atoms with E-state index in [4.69, 9.17) is 4.74 Å². The van der Waals surface area contributed by atoms with Crippen LogP contribution in [0.25, 0.3) is 0 Å². The summed E-state index contributed by atoms with van der Waals surface area (Å²) < 4.78 is 5.80. The summed E-state index contributed by atoms with van der Waals surface area (Å²) in [5.41, 5.74) is 0.799. The molecule has 0 aliphatic carbocycles. The maximum Gasteiger partial charge on any atom is 0.238 e. The first-order valence-corrected chi connectivity index (χ1v) is 10.9. The second kappa shape index (κ2) is 10.1. The van der Waals surface area contributed by atoms with E-state index in [1.165, 1.54) is 13.1 Å². The maximum atomic E-state index is 12.5. The zero-order chi connectivity index (χ0) is 20.8. The molecule has 0 atom stereocenters. The van der Waals surface area contributed by atoms with Crippen LogP contribution in [0.4, 0.5) is 5.69 Å². The van der Waals surface area contributed by atoms with Gasteiger partial charge in [0.15, 0.2) is 0 Å². The number of likely N-dealkylation sites (N-methyl/N-ethyl adjacent to an activating group) is 1. The van der Waals surface area contributed by atoms with Crippen LogP contribution in [0, 0.1) is 0 Å². The molecule has 6 nitrogen and oxygen atoms in total. The molecule has 1 N–H and O–H groups in total. The minimum Gasteiger partial charge on any atom is -0.457 e. The van der Waals surface area contributed by atoms with Crippen LogP contribution in [-0.2, 0) is 4.79 Å². The van der Waals surface area contributed by atoms with E-state index in [1.54, 1.807) is 0 Å². The molecule has 0 aromatic heterocycles. The number of ether oxygens (including phenoxy) is 1. The summed E-state index contributed by atoms with van der Waals surface area (Å²) in [7, 11) is 2.20. The number of nitrogens with zero attached hydrogens (tertiary/aromatic N) is 3. The summed E-state index contributed by atoms with van der Waals surface area (Å²) in [6.07, 6.45) is 2.31. The fourth-order valence-corrected chi connectivity index (χ4v) is 4.26. The van der Waals surface area contributed by atoms with Crippen LogP contribution in [0.2, 0.25) is 0 Å².